The number of H-pyrrole nitrogens is 1. The molecule has 0 aliphatic carbocycles. The summed E-state index contributed by atoms with van der Waals surface area (Å²) < 4.78 is 5.23. The van der Waals surface area contributed by atoms with E-state index in [1.807, 2.05) is 49.4 Å². The molecule has 126 valence electrons. The molecule has 0 bridgehead atoms. The van der Waals surface area contributed by atoms with Crippen LogP contribution in [0.1, 0.15) is 11.4 Å². The van der Waals surface area contributed by atoms with Crippen LogP contribution in [0.3, 0.4) is 0 Å². The number of fused-ring (bicyclic) bond motifs is 1. The van der Waals surface area contributed by atoms with Crippen molar-refractivity contribution < 1.29 is 9.84 Å². The number of aromatic amines is 1. The lowest BCUT2D eigenvalue weighted by Gasteiger charge is -2.18. The van der Waals surface area contributed by atoms with Crippen molar-refractivity contribution in [1.29, 1.82) is 5.41 Å². The van der Waals surface area contributed by atoms with Crippen molar-refractivity contribution in [3.63, 3.8) is 0 Å². The number of anilines is 1. The molecule has 4 rings (SSSR count). The molecule has 2 heterocycles. The number of imidazole rings is 1. The monoisotopic (exact) mass is 334 g/mol. The van der Waals surface area contributed by atoms with Gasteiger partial charge in [0.15, 0.2) is 0 Å². The highest BCUT2D eigenvalue weighted by molar-refractivity contribution is 6.30. The maximum absolute atomic E-state index is 10.5. The number of benzene rings is 2. The molecule has 0 fully saturated rings. The van der Waals surface area contributed by atoms with E-state index in [-0.39, 0.29) is 18.1 Å². The molecule has 0 spiro atoms. The van der Waals surface area contributed by atoms with Crippen LogP contribution in [0.2, 0.25) is 0 Å². The first-order chi connectivity index (χ1) is 12.1. The Kier molecular flexibility index (Phi) is 3.46. The van der Waals surface area contributed by atoms with Gasteiger partial charge in [0.05, 0.1) is 30.3 Å². The number of rotatable bonds is 3. The molecular weight excluding hydrogens is 316 g/mol. The Balaban J connectivity index is 1.73. The van der Waals surface area contributed by atoms with Crippen LogP contribution in [-0.4, -0.2) is 34.6 Å². The minimum atomic E-state index is 0.137. The van der Waals surface area contributed by atoms with Gasteiger partial charge in [-0.1, -0.05) is 12.1 Å². The lowest BCUT2D eigenvalue weighted by molar-refractivity contribution is 0.411. The van der Waals surface area contributed by atoms with Crippen LogP contribution in [0.5, 0.6) is 5.75 Å². The second kappa shape index (κ2) is 5.66. The van der Waals surface area contributed by atoms with E-state index in [2.05, 4.69) is 9.97 Å². The third kappa shape index (κ3) is 2.52. The number of methoxy groups -OCH3 is 1. The zero-order valence-electron chi connectivity index (χ0n) is 14.0. The van der Waals surface area contributed by atoms with Crippen molar-refractivity contribution in [3.8, 4) is 5.75 Å². The van der Waals surface area contributed by atoms with Crippen molar-refractivity contribution in [1.82, 2.24) is 9.97 Å². The second-order valence-corrected chi connectivity index (χ2v) is 6.06. The van der Waals surface area contributed by atoms with Crippen molar-refractivity contribution in [2.24, 2.45) is 0 Å². The van der Waals surface area contributed by atoms with Crippen LogP contribution >= 0.6 is 0 Å². The number of ether oxygens (including phenoxy) is 1. The topological polar surface area (TPSA) is 85.2 Å². The summed E-state index contributed by atoms with van der Waals surface area (Å²) >= 11 is 0. The van der Waals surface area contributed by atoms with E-state index >= 15 is 0 Å². The normalized spacial score (nSPS) is 14.6. The van der Waals surface area contributed by atoms with Crippen LogP contribution in [-0.2, 0) is 0 Å². The largest absolute Gasteiger partial charge is 0.509 e. The summed E-state index contributed by atoms with van der Waals surface area (Å²) in [5, 5.41) is 19.0. The molecule has 0 unspecified atom stereocenters. The molecule has 1 aliphatic heterocycles. The molecule has 1 aliphatic rings. The maximum Gasteiger partial charge on any atom is 0.145 e. The average molecular weight is 334 g/mol. The molecule has 6 nitrogen and oxygen atoms in total. The number of aliphatic hydroxyl groups is 1. The number of hydrogen-bond acceptors (Lipinski definition) is 4. The molecule has 3 aromatic rings. The van der Waals surface area contributed by atoms with Crippen LogP contribution < -0.4 is 9.64 Å². The van der Waals surface area contributed by atoms with Gasteiger partial charge in [-0.3, -0.25) is 5.41 Å². The predicted octanol–water partition coefficient (Wildman–Crippen LogP) is 3.65. The fourth-order valence-electron chi connectivity index (χ4n) is 3.08. The summed E-state index contributed by atoms with van der Waals surface area (Å²) in [5.74, 6) is 1.58. The quantitative estimate of drug-likeness (QED) is 0.682. The van der Waals surface area contributed by atoms with Gasteiger partial charge >= 0.3 is 0 Å². The standard InChI is InChI=1S/C19H18N4O2/c1-11-4-3-5-12(8-11)23-10-16(24)17(18(23)20)19-21-14-7-6-13(25-2)9-15(14)22-19/h3-9,20,24H,10H2,1-2H3,(H,21,22). The Bertz CT molecular complexity index is 1020. The Hall–Kier alpha value is -3.28. The minimum Gasteiger partial charge on any atom is -0.509 e. The Morgan fingerprint density at radius 2 is 2.08 bits per heavy atom. The molecule has 0 saturated carbocycles. The van der Waals surface area contributed by atoms with Gasteiger partial charge in [0.1, 0.15) is 23.2 Å². The first kappa shape index (κ1) is 15.3. The maximum atomic E-state index is 10.5. The highest BCUT2D eigenvalue weighted by atomic mass is 16.5. The number of nitrogens with zero attached hydrogens (tertiary/aromatic N) is 2. The summed E-state index contributed by atoms with van der Waals surface area (Å²) in [5.41, 5.74) is 3.98. The predicted molar refractivity (Wildman–Crippen MR) is 98.4 cm³/mol. The Morgan fingerprint density at radius 1 is 1.24 bits per heavy atom. The summed E-state index contributed by atoms with van der Waals surface area (Å²) in [7, 11) is 1.61. The van der Waals surface area contributed by atoms with E-state index in [0.717, 1.165) is 28.0 Å². The first-order valence-electron chi connectivity index (χ1n) is 7.96. The zero-order chi connectivity index (χ0) is 17.6. The zero-order valence-corrected chi connectivity index (χ0v) is 14.0. The second-order valence-electron chi connectivity index (χ2n) is 6.06. The number of nitrogens with one attached hydrogen (secondary N) is 2. The van der Waals surface area contributed by atoms with Crippen LogP contribution in [0.15, 0.2) is 48.2 Å². The van der Waals surface area contributed by atoms with Gasteiger partial charge in [0.2, 0.25) is 0 Å². The summed E-state index contributed by atoms with van der Waals surface area (Å²) in [4.78, 5) is 9.47. The summed E-state index contributed by atoms with van der Waals surface area (Å²) in [6.45, 7) is 2.27. The molecule has 0 saturated heterocycles. The van der Waals surface area contributed by atoms with Crippen LogP contribution in [0.25, 0.3) is 16.6 Å². The summed E-state index contributed by atoms with van der Waals surface area (Å²) in [6, 6.07) is 13.4. The molecule has 0 radical (unpaired) electrons. The van der Waals surface area contributed by atoms with Gasteiger partial charge in [-0.05, 0) is 36.8 Å². The Labute approximate surface area is 144 Å². The van der Waals surface area contributed by atoms with Gasteiger partial charge < -0.3 is 19.7 Å². The summed E-state index contributed by atoms with van der Waals surface area (Å²) in [6.07, 6.45) is 0. The molecule has 1 aromatic heterocycles. The van der Waals surface area contributed by atoms with Crippen molar-refractivity contribution >= 4 is 28.1 Å². The smallest absolute Gasteiger partial charge is 0.145 e. The first-order valence-corrected chi connectivity index (χ1v) is 7.96. The van der Waals surface area contributed by atoms with E-state index < -0.39 is 0 Å². The van der Waals surface area contributed by atoms with Gasteiger partial charge in [-0.25, -0.2) is 4.98 Å². The average Bonchev–Trinajstić information content (AvgIpc) is 3.14. The van der Waals surface area contributed by atoms with E-state index in [0.29, 0.717) is 11.4 Å². The molecule has 6 heteroatoms. The van der Waals surface area contributed by atoms with Crippen LogP contribution in [0, 0.1) is 12.3 Å². The van der Waals surface area contributed by atoms with Gasteiger partial charge in [-0.2, -0.15) is 0 Å². The number of aromatic nitrogens is 2. The molecule has 0 amide bonds. The highest BCUT2D eigenvalue weighted by Gasteiger charge is 2.31. The third-order valence-corrected chi connectivity index (χ3v) is 4.34. The number of amidine groups is 1. The highest BCUT2D eigenvalue weighted by Crippen LogP contribution is 2.31. The van der Waals surface area contributed by atoms with E-state index in [1.165, 1.54) is 0 Å². The lowest BCUT2D eigenvalue weighted by atomic mass is 10.2. The molecular formula is C19H18N4O2. The minimum absolute atomic E-state index is 0.137. The van der Waals surface area contributed by atoms with E-state index in [9.17, 15) is 5.11 Å². The third-order valence-electron chi connectivity index (χ3n) is 4.34. The van der Waals surface area contributed by atoms with Gasteiger partial charge in [0.25, 0.3) is 0 Å². The SMILES string of the molecule is COc1ccc2nc(C3=C(O)CN(c4cccc(C)c4)C3=N)[nH]c2c1. The number of hydrogen-bond donors (Lipinski definition) is 3. The van der Waals surface area contributed by atoms with E-state index in [1.54, 1.807) is 12.0 Å². The number of aryl methyl sites for hydroxylation is 1. The molecule has 2 aromatic carbocycles. The van der Waals surface area contributed by atoms with Crippen LogP contribution in [0.4, 0.5) is 5.69 Å². The lowest BCUT2D eigenvalue weighted by Crippen LogP contribution is -2.26. The van der Waals surface area contributed by atoms with Gasteiger partial charge in [0, 0.05) is 11.8 Å². The van der Waals surface area contributed by atoms with Crippen molar-refractivity contribution in [2.75, 3.05) is 18.6 Å². The van der Waals surface area contributed by atoms with Crippen molar-refractivity contribution in [2.45, 2.75) is 6.92 Å². The fraction of sp³-hybridized carbons (Fsp3) is 0.158. The number of aliphatic hydroxyl groups excluding tert-OH is 1. The van der Waals surface area contributed by atoms with Gasteiger partial charge in [-0.15, -0.1) is 0 Å². The fourth-order valence-corrected chi connectivity index (χ4v) is 3.08. The molecule has 25 heavy (non-hydrogen) atoms. The van der Waals surface area contributed by atoms with E-state index in [4.69, 9.17) is 10.1 Å². The molecule has 0 atom stereocenters. The Morgan fingerprint density at radius 3 is 2.84 bits per heavy atom. The van der Waals surface area contributed by atoms with Crippen molar-refractivity contribution in [3.05, 3.63) is 59.6 Å². The molecule has 3 N–H and O–H groups in total.